The minimum Gasteiger partial charge on any atom is -0.496 e. The Kier molecular flexibility index (Phi) is 3.50. The van der Waals surface area contributed by atoms with Crippen molar-refractivity contribution in [3.8, 4) is 11.5 Å². The number of ether oxygens (including phenoxy) is 2. The van der Waals surface area contributed by atoms with E-state index in [9.17, 15) is 0 Å². The van der Waals surface area contributed by atoms with Crippen LogP contribution in [0.25, 0.3) is 0 Å². The maximum atomic E-state index is 6.18. The molecule has 1 saturated carbocycles. The first-order valence-corrected chi connectivity index (χ1v) is 6.17. The summed E-state index contributed by atoms with van der Waals surface area (Å²) < 4.78 is 10.9. The molecule has 0 heterocycles. The van der Waals surface area contributed by atoms with Crippen LogP contribution in [-0.2, 0) is 5.41 Å². The normalized spacial score (nSPS) is 17.4. The fourth-order valence-electron chi connectivity index (χ4n) is 2.57. The summed E-state index contributed by atoms with van der Waals surface area (Å²) in [6.45, 7) is 0.597. The zero-order chi connectivity index (χ0) is 12.5. The summed E-state index contributed by atoms with van der Waals surface area (Å²) in [5.41, 5.74) is 6.95. The molecule has 1 fully saturated rings. The Morgan fingerprint density at radius 3 is 2.41 bits per heavy atom. The third kappa shape index (κ3) is 1.87. The zero-order valence-corrected chi connectivity index (χ0v) is 11.0. The van der Waals surface area contributed by atoms with Gasteiger partial charge in [-0.15, -0.1) is 0 Å². The topological polar surface area (TPSA) is 44.5 Å². The van der Waals surface area contributed by atoms with E-state index in [1.165, 1.54) is 6.42 Å². The van der Waals surface area contributed by atoms with E-state index in [4.69, 9.17) is 26.8 Å². The summed E-state index contributed by atoms with van der Waals surface area (Å²) in [5.74, 6) is 1.52. The number of halogens is 1. The van der Waals surface area contributed by atoms with E-state index in [0.29, 0.717) is 17.3 Å². The number of hydrogen-bond donors (Lipinski definition) is 1. The minimum atomic E-state index is -0.0262. The standard InChI is InChI=1S/C13H18ClNO2/c1-16-10-5-4-9(14)12(17-2)11(10)13(8-15)6-3-7-13/h4-5H,3,6-8,15H2,1-2H3. The van der Waals surface area contributed by atoms with Gasteiger partial charge in [0.05, 0.1) is 19.2 Å². The summed E-state index contributed by atoms with van der Waals surface area (Å²) in [6.07, 6.45) is 3.32. The average Bonchev–Trinajstić information content (AvgIpc) is 2.29. The third-order valence-corrected chi connectivity index (χ3v) is 4.02. The third-order valence-electron chi connectivity index (χ3n) is 3.73. The monoisotopic (exact) mass is 255 g/mol. The zero-order valence-electron chi connectivity index (χ0n) is 10.3. The van der Waals surface area contributed by atoms with Gasteiger partial charge in [0, 0.05) is 17.5 Å². The Balaban J connectivity index is 2.59. The van der Waals surface area contributed by atoms with Gasteiger partial charge in [-0.3, -0.25) is 0 Å². The Bertz CT molecular complexity index is 411. The maximum Gasteiger partial charge on any atom is 0.144 e. The second kappa shape index (κ2) is 4.75. The lowest BCUT2D eigenvalue weighted by atomic mass is 9.64. The van der Waals surface area contributed by atoms with Crippen molar-refractivity contribution in [2.75, 3.05) is 20.8 Å². The van der Waals surface area contributed by atoms with Crippen LogP contribution in [0.5, 0.6) is 11.5 Å². The first kappa shape index (κ1) is 12.5. The number of benzene rings is 1. The quantitative estimate of drug-likeness (QED) is 0.900. The molecule has 1 aliphatic carbocycles. The lowest BCUT2D eigenvalue weighted by Gasteiger charge is -2.42. The first-order chi connectivity index (χ1) is 8.18. The molecule has 1 aromatic rings. The molecule has 1 aromatic carbocycles. The predicted molar refractivity (Wildman–Crippen MR) is 69.1 cm³/mol. The molecule has 0 bridgehead atoms. The highest BCUT2D eigenvalue weighted by Gasteiger charge is 2.42. The molecular formula is C13H18ClNO2. The van der Waals surface area contributed by atoms with Crippen molar-refractivity contribution in [3.63, 3.8) is 0 Å². The summed E-state index contributed by atoms with van der Waals surface area (Å²) >= 11 is 6.18. The summed E-state index contributed by atoms with van der Waals surface area (Å²) in [7, 11) is 3.29. The van der Waals surface area contributed by atoms with Crippen LogP contribution in [0.1, 0.15) is 24.8 Å². The van der Waals surface area contributed by atoms with Gasteiger partial charge in [-0.2, -0.15) is 0 Å². The molecule has 1 aliphatic rings. The van der Waals surface area contributed by atoms with Crippen LogP contribution in [0.4, 0.5) is 0 Å². The van der Waals surface area contributed by atoms with E-state index >= 15 is 0 Å². The van der Waals surface area contributed by atoms with Crippen LogP contribution in [0.3, 0.4) is 0 Å². The number of rotatable bonds is 4. The lowest BCUT2D eigenvalue weighted by molar-refractivity contribution is 0.234. The van der Waals surface area contributed by atoms with Gasteiger partial charge in [0.25, 0.3) is 0 Å². The number of nitrogens with two attached hydrogens (primary N) is 1. The van der Waals surface area contributed by atoms with E-state index in [0.717, 1.165) is 24.2 Å². The molecule has 17 heavy (non-hydrogen) atoms. The molecule has 0 spiro atoms. The molecule has 3 nitrogen and oxygen atoms in total. The van der Waals surface area contributed by atoms with Gasteiger partial charge in [0.2, 0.25) is 0 Å². The molecule has 0 atom stereocenters. The molecule has 2 N–H and O–H groups in total. The van der Waals surface area contributed by atoms with Crippen molar-refractivity contribution in [2.24, 2.45) is 5.73 Å². The molecule has 0 radical (unpaired) electrons. The summed E-state index contributed by atoms with van der Waals surface area (Å²) in [5, 5.41) is 0.614. The fourth-order valence-corrected chi connectivity index (χ4v) is 2.81. The van der Waals surface area contributed by atoms with Gasteiger partial charge in [-0.25, -0.2) is 0 Å². The number of hydrogen-bond acceptors (Lipinski definition) is 3. The first-order valence-electron chi connectivity index (χ1n) is 5.79. The van der Waals surface area contributed by atoms with Gasteiger partial charge in [-0.05, 0) is 25.0 Å². The van der Waals surface area contributed by atoms with Crippen LogP contribution in [0.2, 0.25) is 5.02 Å². The smallest absolute Gasteiger partial charge is 0.144 e. The molecule has 4 heteroatoms. The van der Waals surface area contributed by atoms with Crippen molar-refractivity contribution in [1.29, 1.82) is 0 Å². The Morgan fingerprint density at radius 1 is 1.29 bits per heavy atom. The molecule has 0 aromatic heterocycles. The average molecular weight is 256 g/mol. The highest BCUT2D eigenvalue weighted by atomic mass is 35.5. The van der Waals surface area contributed by atoms with E-state index in [1.54, 1.807) is 20.3 Å². The van der Waals surface area contributed by atoms with Crippen LogP contribution >= 0.6 is 11.6 Å². The fraction of sp³-hybridized carbons (Fsp3) is 0.538. The maximum absolute atomic E-state index is 6.18. The summed E-state index contributed by atoms with van der Waals surface area (Å²) in [4.78, 5) is 0. The van der Waals surface area contributed by atoms with Crippen molar-refractivity contribution >= 4 is 11.6 Å². The van der Waals surface area contributed by atoms with Crippen molar-refractivity contribution < 1.29 is 9.47 Å². The molecule has 0 unspecified atom stereocenters. The van der Waals surface area contributed by atoms with Gasteiger partial charge in [0.1, 0.15) is 11.5 Å². The Labute approximate surface area is 107 Å². The van der Waals surface area contributed by atoms with Crippen LogP contribution in [-0.4, -0.2) is 20.8 Å². The van der Waals surface area contributed by atoms with Gasteiger partial charge >= 0.3 is 0 Å². The van der Waals surface area contributed by atoms with Crippen LogP contribution < -0.4 is 15.2 Å². The van der Waals surface area contributed by atoms with Gasteiger partial charge in [-0.1, -0.05) is 18.0 Å². The second-order valence-electron chi connectivity index (χ2n) is 4.50. The van der Waals surface area contributed by atoms with Crippen LogP contribution in [0.15, 0.2) is 12.1 Å². The molecule has 94 valence electrons. The molecule has 0 amide bonds. The Morgan fingerprint density at radius 2 is 2.00 bits per heavy atom. The van der Waals surface area contributed by atoms with Gasteiger partial charge < -0.3 is 15.2 Å². The van der Waals surface area contributed by atoms with Gasteiger partial charge in [0.15, 0.2) is 0 Å². The van der Waals surface area contributed by atoms with Crippen molar-refractivity contribution in [2.45, 2.75) is 24.7 Å². The molecule has 0 saturated heterocycles. The predicted octanol–water partition coefficient (Wildman–Crippen LogP) is 2.74. The minimum absolute atomic E-state index is 0.0262. The Hall–Kier alpha value is -0.930. The largest absolute Gasteiger partial charge is 0.496 e. The van der Waals surface area contributed by atoms with E-state index in [-0.39, 0.29) is 5.41 Å². The highest BCUT2D eigenvalue weighted by molar-refractivity contribution is 6.32. The second-order valence-corrected chi connectivity index (χ2v) is 4.90. The van der Waals surface area contributed by atoms with Crippen molar-refractivity contribution in [3.05, 3.63) is 22.7 Å². The van der Waals surface area contributed by atoms with Crippen LogP contribution in [0, 0.1) is 0 Å². The van der Waals surface area contributed by atoms with E-state index in [1.807, 2.05) is 6.07 Å². The highest BCUT2D eigenvalue weighted by Crippen LogP contribution is 2.51. The summed E-state index contributed by atoms with van der Waals surface area (Å²) in [6, 6.07) is 3.68. The van der Waals surface area contributed by atoms with E-state index in [2.05, 4.69) is 0 Å². The lowest BCUT2D eigenvalue weighted by Crippen LogP contribution is -2.42. The molecule has 0 aliphatic heterocycles. The molecule has 2 rings (SSSR count). The number of methoxy groups -OCH3 is 2. The SMILES string of the molecule is COc1ccc(Cl)c(OC)c1C1(CN)CCC1. The van der Waals surface area contributed by atoms with E-state index < -0.39 is 0 Å². The van der Waals surface area contributed by atoms with Crippen molar-refractivity contribution in [1.82, 2.24) is 0 Å². The molecular weight excluding hydrogens is 238 g/mol.